The van der Waals surface area contributed by atoms with Gasteiger partial charge in [0.2, 0.25) is 0 Å². The van der Waals surface area contributed by atoms with Crippen molar-refractivity contribution in [3.05, 3.63) is 64.2 Å². The summed E-state index contributed by atoms with van der Waals surface area (Å²) in [6.45, 7) is 4.68. The number of carbonyl (C=O) groups excluding carboxylic acids is 3. The maximum Gasteiger partial charge on any atom is 0.261 e. The summed E-state index contributed by atoms with van der Waals surface area (Å²) in [6.07, 6.45) is 0.571. The van der Waals surface area contributed by atoms with Crippen molar-refractivity contribution in [1.82, 2.24) is 4.90 Å². The third-order valence-electron chi connectivity index (χ3n) is 4.44. The molecule has 27 heavy (non-hydrogen) atoms. The Balaban J connectivity index is 1.80. The second-order valence-electron chi connectivity index (χ2n) is 6.70. The van der Waals surface area contributed by atoms with E-state index >= 15 is 0 Å². The van der Waals surface area contributed by atoms with Crippen LogP contribution in [0.25, 0.3) is 0 Å². The Morgan fingerprint density at radius 3 is 2.33 bits per heavy atom. The van der Waals surface area contributed by atoms with Crippen LogP contribution in [0.3, 0.4) is 0 Å². The quantitative estimate of drug-likeness (QED) is 0.629. The minimum absolute atomic E-state index is 0.269. The Morgan fingerprint density at radius 1 is 1.00 bits per heavy atom. The van der Waals surface area contributed by atoms with E-state index in [9.17, 15) is 14.4 Å². The van der Waals surface area contributed by atoms with Crippen molar-refractivity contribution < 1.29 is 19.1 Å². The van der Waals surface area contributed by atoms with Crippen LogP contribution >= 0.6 is 0 Å². The Morgan fingerprint density at radius 2 is 1.67 bits per heavy atom. The number of amides is 3. The molecule has 6 heteroatoms. The van der Waals surface area contributed by atoms with Gasteiger partial charge in [-0.1, -0.05) is 6.07 Å². The van der Waals surface area contributed by atoms with E-state index in [1.807, 2.05) is 32.0 Å². The van der Waals surface area contributed by atoms with Crippen LogP contribution < -0.4 is 5.32 Å². The number of ether oxygens (including phenoxy) is 1. The fourth-order valence-electron chi connectivity index (χ4n) is 3.25. The second-order valence-corrected chi connectivity index (χ2v) is 6.70. The molecule has 0 aromatic heterocycles. The molecule has 0 atom stereocenters. The zero-order chi connectivity index (χ0) is 19.6. The molecule has 1 N–H and O–H groups in total. The summed E-state index contributed by atoms with van der Waals surface area (Å²) in [7, 11) is 1.57. The molecule has 0 saturated carbocycles. The Hall–Kier alpha value is -2.99. The van der Waals surface area contributed by atoms with E-state index in [0.717, 1.165) is 11.1 Å². The molecule has 2 aromatic carbocycles. The minimum Gasteiger partial charge on any atom is -0.385 e. The van der Waals surface area contributed by atoms with Crippen molar-refractivity contribution in [2.45, 2.75) is 20.3 Å². The van der Waals surface area contributed by atoms with Crippen molar-refractivity contribution in [3.8, 4) is 0 Å². The minimum atomic E-state index is -0.368. The first-order valence-electron chi connectivity index (χ1n) is 8.79. The molecule has 0 spiro atoms. The summed E-state index contributed by atoms with van der Waals surface area (Å²) < 4.78 is 4.97. The van der Waals surface area contributed by atoms with Gasteiger partial charge in [0, 0.05) is 31.5 Å². The van der Waals surface area contributed by atoms with Gasteiger partial charge in [0.15, 0.2) is 0 Å². The molecule has 0 unspecified atom stereocenters. The molecule has 3 rings (SSSR count). The number of benzene rings is 2. The van der Waals surface area contributed by atoms with Gasteiger partial charge in [-0.2, -0.15) is 0 Å². The number of aryl methyl sites for hydroxylation is 2. The van der Waals surface area contributed by atoms with Crippen LogP contribution in [0.4, 0.5) is 5.69 Å². The summed E-state index contributed by atoms with van der Waals surface area (Å²) in [5.41, 5.74) is 3.73. The lowest BCUT2D eigenvalue weighted by molar-refractivity contribution is 0.0638. The number of rotatable bonds is 6. The smallest absolute Gasteiger partial charge is 0.261 e. The highest BCUT2D eigenvalue weighted by molar-refractivity contribution is 6.22. The van der Waals surface area contributed by atoms with Crippen LogP contribution in [0.2, 0.25) is 0 Å². The molecule has 3 amide bonds. The van der Waals surface area contributed by atoms with Gasteiger partial charge in [-0.15, -0.1) is 0 Å². The van der Waals surface area contributed by atoms with E-state index in [2.05, 4.69) is 5.32 Å². The number of carbonyl (C=O) groups is 3. The largest absolute Gasteiger partial charge is 0.385 e. The van der Waals surface area contributed by atoms with Gasteiger partial charge >= 0.3 is 0 Å². The lowest BCUT2D eigenvalue weighted by Gasteiger charge is -2.12. The molecule has 0 fully saturated rings. The Labute approximate surface area is 158 Å². The average Bonchev–Trinajstić information content (AvgIpc) is 2.85. The van der Waals surface area contributed by atoms with Gasteiger partial charge in [0.05, 0.1) is 11.1 Å². The molecule has 0 aliphatic carbocycles. The molecular weight excluding hydrogens is 344 g/mol. The SMILES string of the molecule is COCCCN1C(=O)c2ccc(C(=O)Nc3cc(C)cc(C)c3)cc2C1=O. The molecule has 2 aromatic rings. The van der Waals surface area contributed by atoms with Crippen LogP contribution in [0.5, 0.6) is 0 Å². The van der Waals surface area contributed by atoms with E-state index in [0.29, 0.717) is 36.4 Å². The zero-order valence-electron chi connectivity index (χ0n) is 15.7. The summed E-state index contributed by atoms with van der Waals surface area (Å²) in [6, 6.07) is 10.4. The molecule has 0 bridgehead atoms. The number of hydrogen-bond acceptors (Lipinski definition) is 4. The molecule has 0 radical (unpaired) electrons. The second kappa shape index (κ2) is 7.72. The predicted octanol–water partition coefficient (Wildman–Crippen LogP) is 3.19. The number of hydrogen-bond donors (Lipinski definition) is 1. The van der Waals surface area contributed by atoms with Crippen molar-refractivity contribution in [2.24, 2.45) is 0 Å². The van der Waals surface area contributed by atoms with Crippen LogP contribution in [0.1, 0.15) is 48.6 Å². The average molecular weight is 366 g/mol. The maximum atomic E-state index is 12.6. The number of nitrogens with zero attached hydrogens (tertiary/aromatic N) is 1. The Bertz CT molecular complexity index is 900. The fraction of sp³-hybridized carbons (Fsp3) is 0.286. The fourth-order valence-corrected chi connectivity index (χ4v) is 3.25. The van der Waals surface area contributed by atoms with Gasteiger partial charge in [0.25, 0.3) is 17.7 Å². The number of imide groups is 1. The monoisotopic (exact) mass is 366 g/mol. The Kier molecular flexibility index (Phi) is 5.37. The zero-order valence-corrected chi connectivity index (χ0v) is 15.7. The van der Waals surface area contributed by atoms with Gasteiger partial charge in [-0.25, -0.2) is 0 Å². The summed E-state index contributed by atoms with van der Waals surface area (Å²) >= 11 is 0. The van der Waals surface area contributed by atoms with Gasteiger partial charge in [-0.05, 0) is 61.7 Å². The van der Waals surface area contributed by atoms with Crippen molar-refractivity contribution in [2.75, 3.05) is 25.6 Å². The molecule has 0 saturated heterocycles. The van der Waals surface area contributed by atoms with E-state index in [1.54, 1.807) is 19.2 Å². The molecular formula is C21H22N2O4. The highest BCUT2D eigenvalue weighted by Gasteiger charge is 2.35. The first-order valence-corrected chi connectivity index (χ1v) is 8.79. The molecule has 6 nitrogen and oxygen atoms in total. The highest BCUT2D eigenvalue weighted by atomic mass is 16.5. The van der Waals surface area contributed by atoms with Crippen LogP contribution in [0.15, 0.2) is 36.4 Å². The maximum absolute atomic E-state index is 12.6. The first-order chi connectivity index (χ1) is 12.9. The molecule has 1 aliphatic rings. The molecule has 1 aliphatic heterocycles. The van der Waals surface area contributed by atoms with Crippen molar-refractivity contribution in [3.63, 3.8) is 0 Å². The van der Waals surface area contributed by atoms with E-state index in [1.165, 1.54) is 11.0 Å². The summed E-state index contributed by atoms with van der Waals surface area (Å²) in [5.74, 6) is -1.01. The van der Waals surface area contributed by atoms with Crippen LogP contribution in [0, 0.1) is 13.8 Å². The van der Waals surface area contributed by atoms with Gasteiger partial charge in [-0.3, -0.25) is 19.3 Å². The van der Waals surface area contributed by atoms with Gasteiger partial charge < -0.3 is 10.1 Å². The third kappa shape index (κ3) is 3.90. The summed E-state index contributed by atoms with van der Waals surface area (Å²) in [4.78, 5) is 38.8. The molecule has 1 heterocycles. The first kappa shape index (κ1) is 18.8. The highest BCUT2D eigenvalue weighted by Crippen LogP contribution is 2.25. The predicted molar refractivity (Wildman–Crippen MR) is 102 cm³/mol. The standard InChI is InChI=1S/C21H22N2O4/c1-13-9-14(2)11-16(10-13)22-19(24)15-5-6-17-18(12-15)21(26)23(20(17)25)7-4-8-27-3/h5-6,9-12H,4,7-8H2,1-3H3,(H,22,24). The lowest BCUT2D eigenvalue weighted by atomic mass is 10.0. The molecule has 140 valence electrons. The van der Waals surface area contributed by atoms with E-state index in [4.69, 9.17) is 4.74 Å². The number of fused-ring (bicyclic) bond motifs is 1. The topological polar surface area (TPSA) is 75.7 Å². The van der Waals surface area contributed by atoms with Crippen LogP contribution in [-0.2, 0) is 4.74 Å². The van der Waals surface area contributed by atoms with Gasteiger partial charge in [0.1, 0.15) is 0 Å². The normalized spacial score (nSPS) is 13.1. The van der Waals surface area contributed by atoms with E-state index in [-0.39, 0.29) is 23.3 Å². The van der Waals surface area contributed by atoms with Crippen molar-refractivity contribution in [1.29, 1.82) is 0 Å². The summed E-state index contributed by atoms with van der Waals surface area (Å²) in [5, 5.41) is 2.84. The number of methoxy groups -OCH3 is 1. The van der Waals surface area contributed by atoms with Crippen LogP contribution in [-0.4, -0.2) is 42.9 Å². The third-order valence-corrected chi connectivity index (χ3v) is 4.44. The lowest BCUT2D eigenvalue weighted by Crippen LogP contribution is -2.31. The van der Waals surface area contributed by atoms with Crippen molar-refractivity contribution >= 4 is 23.4 Å². The number of anilines is 1. The number of nitrogens with one attached hydrogen (secondary N) is 1. The van der Waals surface area contributed by atoms with E-state index < -0.39 is 0 Å².